The minimum Gasteiger partial charge on any atom is -0.387 e. The minimum atomic E-state index is -3.46. The summed E-state index contributed by atoms with van der Waals surface area (Å²) < 4.78 is 45.5. The smallest absolute Gasteiger partial charge is 0.177 e. The van der Waals surface area contributed by atoms with Crippen LogP contribution in [0.5, 0.6) is 0 Å². The second-order valence-electron chi connectivity index (χ2n) is 3.45. The van der Waals surface area contributed by atoms with Crippen LogP contribution in [0.3, 0.4) is 0 Å². The van der Waals surface area contributed by atoms with Crippen LogP contribution in [0.25, 0.3) is 0 Å². The molecule has 0 saturated heterocycles. The molecule has 0 saturated carbocycles. The highest BCUT2D eigenvalue weighted by Crippen LogP contribution is 2.24. The van der Waals surface area contributed by atoms with Gasteiger partial charge in [-0.25, -0.2) is 16.8 Å². The molecule has 1 aromatic carbocycles. The summed E-state index contributed by atoms with van der Waals surface area (Å²) in [5.41, 5.74) is 0.384. The van der Waals surface area contributed by atoms with Crippen LogP contribution in [-0.4, -0.2) is 36.4 Å². The van der Waals surface area contributed by atoms with E-state index in [-0.39, 0.29) is 9.79 Å². The molecule has 1 N–H and O–H groups in total. The molecule has 1 aromatic rings. The third-order valence-corrected chi connectivity index (χ3v) is 4.30. The van der Waals surface area contributed by atoms with Crippen molar-refractivity contribution in [1.29, 1.82) is 0 Å². The Hall–Kier alpha value is -1.08. The van der Waals surface area contributed by atoms with Gasteiger partial charge in [0.1, 0.15) is 0 Å². The maximum atomic E-state index is 11.5. The molecular formula is C9H13NO4S2. The van der Waals surface area contributed by atoms with Gasteiger partial charge in [0, 0.05) is 19.6 Å². The lowest BCUT2D eigenvalue weighted by atomic mass is 10.3. The predicted octanol–water partition coefficient (Wildman–Crippen LogP) is 0.535. The molecule has 5 nitrogen and oxygen atoms in total. The Balaban J connectivity index is 3.58. The fourth-order valence-corrected chi connectivity index (χ4v) is 2.88. The number of benzene rings is 1. The monoisotopic (exact) mass is 263 g/mol. The second-order valence-corrected chi connectivity index (χ2v) is 7.45. The molecule has 0 aromatic heterocycles. The zero-order chi connectivity index (χ0) is 12.6. The van der Waals surface area contributed by atoms with Gasteiger partial charge in [0.2, 0.25) is 0 Å². The summed E-state index contributed by atoms with van der Waals surface area (Å²) in [7, 11) is -5.28. The molecule has 0 spiro atoms. The van der Waals surface area contributed by atoms with E-state index in [1.807, 2.05) is 0 Å². The maximum absolute atomic E-state index is 11.5. The standard InChI is InChI=1S/C9H13NO4S2/c1-10-8-5-4-7(15(2,11)12)6-9(8)16(3,13)14/h4-6,10H,1-3H3. The molecule has 7 heteroatoms. The fraction of sp³-hybridized carbons (Fsp3) is 0.333. The molecule has 0 fully saturated rings. The molecule has 0 atom stereocenters. The van der Waals surface area contributed by atoms with E-state index >= 15 is 0 Å². The molecule has 0 aliphatic heterocycles. The first-order chi connectivity index (χ1) is 7.16. The molecule has 0 heterocycles. The van der Waals surface area contributed by atoms with E-state index < -0.39 is 19.7 Å². The van der Waals surface area contributed by atoms with Crippen molar-refractivity contribution < 1.29 is 16.8 Å². The number of sulfone groups is 2. The molecule has 0 bridgehead atoms. The summed E-state index contributed by atoms with van der Waals surface area (Å²) in [4.78, 5) is -0.0233. The van der Waals surface area contributed by atoms with Crippen molar-refractivity contribution in [2.24, 2.45) is 0 Å². The van der Waals surface area contributed by atoms with Crippen LogP contribution in [-0.2, 0) is 19.7 Å². The van der Waals surface area contributed by atoms with Crippen molar-refractivity contribution in [2.75, 3.05) is 24.9 Å². The lowest BCUT2D eigenvalue weighted by Gasteiger charge is -2.08. The Morgan fingerprint density at radius 1 is 1.00 bits per heavy atom. The molecule has 0 aliphatic carbocycles. The van der Waals surface area contributed by atoms with E-state index in [0.717, 1.165) is 18.6 Å². The summed E-state index contributed by atoms with van der Waals surface area (Å²) >= 11 is 0. The van der Waals surface area contributed by atoms with Crippen LogP contribution < -0.4 is 5.32 Å². The van der Waals surface area contributed by atoms with Gasteiger partial charge in [0.05, 0.1) is 15.5 Å². The van der Waals surface area contributed by atoms with Crippen molar-refractivity contribution >= 4 is 25.4 Å². The van der Waals surface area contributed by atoms with Crippen molar-refractivity contribution in [3.05, 3.63) is 18.2 Å². The number of anilines is 1. The van der Waals surface area contributed by atoms with Crippen LogP contribution in [0.4, 0.5) is 5.69 Å². The van der Waals surface area contributed by atoms with Crippen LogP contribution in [0.15, 0.2) is 28.0 Å². The Morgan fingerprint density at radius 2 is 1.56 bits per heavy atom. The lowest BCUT2D eigenvalue weighted by Crippen LogP contribution is -2.05. The van der Waals surface area contributed by atoms with Crippen LogP contribution in [0.2, 0.25) is 0 Å². The van der Waals surface area contributed by atoms with E-state index in [4.69, 9.17) is 0 Å². The van der Waals surface area contributed by atoms with Crippen LogP contribution in [0.1, 0.15) is 0 Å². The summed E-state index contributed by atoms with van der Waals surface area (Å²) in [6, 6.07) is 3.97. The fourth-order valence-electron chi connectivity index (χ4n) is 1.25. The Kier molecular flexibility index (Phi) is 3.30. The summed E-state index contributed by atoms with van der Waals surface area (Å²) in [6.45, 7) is 0. The summed E-state index contributed by atoms with van der Waals surface area (Å²) in [6.07, 6.45) is 2.07. The first kappa shape index (κ1) is 13.0. The predicted molar refractivity (Wildman–Crippen MR) is 62.2 cm³/mol. The van der Waals surface area contributed by atoms with Gasteiger partial charge >= 0.3 is 0 Å². The highest BCUT2D eigenvalue weighted by Gasteiger charge is 2.16. The van der Waals surface area contributed by atoms with Gasteiger partial charge in [-0.05, 0) is 18.2 Å². The third kappa shape index (κ3) is 2.73. The van der Waals surface area contributed by atoms with E-state index in [2.05, 4.69) is 5.32 Å². The van der Waals surface area contributed by atoms with Crippen molar-refractivity contribution in [3.63, 3.8) is 0 Å². The Bertz CT molecular complexity index is 602. The number of nitrogens with one attached hydrogen (secondary N) is 1. The molecule has 0 aliphatic rings. The molecule has 0 radical (unpaired) electrons. The van der Waals surface area contributed by atoms with E-state index in [1.165, 1.54) is 12.1 Å². The molecular weight excluding hydrogens is 250 g/mol. The quantitative estimate of drug-likeness (QED) is 0.860. The van der Waals surface area contributed by atoms with Crippen LogP contribution >= 0.6 is 0 Å². The number of rotatable bonds is 3. The normalized spacial score (nSPS) is 12.4. The molecule has 1 rings (SSSR count). The average Bonchev–Trinajstić information content (AvgIpc) is 2.14. The van der Waals surface area contributed by atoms with Gasteiger partial charge in [0.15, 0.2) is 19.7 Å². The van der Waals surface area contributed by atoms with E-state index in [1.54, 1.807) is 7.05 Å². The van der Waals surface area contributed by atoms with E-state index in [9.17, 15) is 16.8 Å². The first-order valence-electron chi connectivity index (χ1n) is 4.38. The van der Waals surface area contributed by atoms with Gasteiger partial charge in [-0.1, -0.05) is 0 Å². The van der Waals surface area contributed by atoms with E-state index in [0.29, 0.717) is 5.69 Å². The minimum absolute atomic E-state index is 0.00748. The second kappa shape index (κ2) is 4.06. The van der Waals surface area contributed by atoms with Gasteiger partial charge in [-0.3, -0.25) is 0 Å². The molecule has 0 unspecified atom stereocenters. The number of hydrogen-bond acceptors (Lipinski definition) is 5. The SMILES string of the molecule is CNc1ccc(S(C)(=O)=O)cc1S(C)(=O)=O. The third-order valence-electron chi connectivity index (χ3n) is 2.05. The zero-order valence-corrected chi connectivity index (χ0v) is 10.8. The number of hydrogen-bond donors (Lipinski definition) is 1. The zero-order valence-electron chi connectivity index (χ0n) is 9.18. The van der Waals surface area contributed by atoms with Crippen molar-refractivity contribution in [2.45, 2.75) is 9.79 Å². The Labute approximate surface area is 95.3 Å². The highest BCUT2D eigenvalue weighted by atomic mass is 32.2. The molecule has 90 valence electrons. The van der Waals surface area contributed by atoms with Gasteiger partial charge < -0.3 is 5.32 Å². The lowest BCUT2D eigenvalue weighted by molar-refractivity contribution is 0.600. The first-order valence-corrected chi connectivity index (χ1v) is 8.16. The Morgan fingerprint density at radius 3 is 1.94 bits per heavy atom. The molecule has 0 amide bonds. The maximum Gasteiger partial charge on any atom is 0.177 e. The summed E-state index contributed by atoms with van der Waals surface area (Å²) in [5.74, 6) is 0. The van der Waals surface area contributed by atoms with Gasteiger partial charge in [0.25, 0.3) is 0 Å². The topological polar surface area (TPSA) is 80.3 Å². The highest BCUT2D eigenvalue weighted by molar-refractivity contribution is 7.91. The van der Waals surface area contributed by atoms with Gasteiger partial charge in [-0.2, -0.15) is 0 Å². The van der Waals surface area contributed by atoms with Crippen molar-refractivity contribution in [3.8, 4) is 0 Å². The largest absolute Gasteiger partial charge is 0.387 e. The van der Waals surface area contributed by atoms with Crippen molar-refractivity contribution in [1.82, 2.24) is 0 Å². The summed E-state index contributed by atoms with van der Waals surface area (Å²) in [5, 5.41) is 2.71. The van der Waals surface area contributed by atoms with Crippen LogP contribution in [0, 0.1) is 0 Å². The van der Waals surface area contributed by atoms with Gasteiger partial charge in [-0.15, -0.1) is 0 Å². The molecule has 16 heavy (non-hydrogen) atoms. The average molecular weight is 263 g/mol.